The molecule has 3 N–H and O–H groups in total. The van der Waals surface area contributed by atoms with Crippen LogP contribution in [0.3, 0.4) is 0 Å². The SMILES string of the molecule is Cc1cc(C)c(C(=O)NCc2ccc3[nH]c4c(c3c2)CCCC4)c(=O)[nH]1. The minimum absolute atomic E-state index is 0.190. The summed E-state index contributed by atoms with van der Waals surface area (Å²) in [6, 6.07) is 8.08. The molecule has 0 atom stereocenters. The number of hydrogen-bond donors (Lipinski definition) is 3. The molecule has 2 aromatic heterocycles. The average Bonchev–Trinajstić information content (AvgIpc) is 2.97. The number of aromatic amines is 2. The van der Waals surface area contributed by atoms with Crippen LogP contribution < -0.4 is 10.9 Å². The van der Waals surface area contributed by atoms with Gasteiger partial charge in [-0.3, -0.25) is 9.59 Å². The van der Waals surface area contributed by atoms with Gasteiger partial charge in [0, 0.05) is 28.8 Å². The van der Waals surface area contributed by atoms with Gasteiger partial charge in [-0.2, -0.15) is 0 Å². The van der Waals surface area contributed by atoms with E-state index in [0.29, 0.717) is 12.1 Å². The molecule has 1 aromatic carbocycles. The van der Waals surface area contributed by atoms with Gasteiger partial charge in [0.1, 0.15) is 5.56 Å². The molecular weight excluding hydrogens is 326 g/mol. The van der Waals surface area contributed by atoms with Crippen LogP contribution in [0.15, 0.2) is 29.1 Å². The van der Waals surface area contributed by atoms with E-state index in [2.05, 4.69) is 27.4 Å². The van der Waals surface area contributed by atoms with Gasteiger partial charge in [0.15, 0.2) is 0 Å². The van der Waals surface area contributed by atoms with Crippen LogP contribution in [0, 0.1) is 13.8 Å². The fourth-order valence-corrected chi connectivity index (χ4v) is 3.97. The second kappa shape index (κ2) is 6.48. The summed E-state index contributed by atoms with van der Waals surface area (Å²) in [5.41, 5.74) is 6.29. The Labute approximate surface area is 151 Å². The standard InChI is InChI=1S/C21H23N3O2/c1-12-9-13(2)23-21(26)19(12)20(25)22-11-14-7-8-18-16(10-14)15-5-3-4-6-17(15)24-18/h7-10,24H,3-6,11H2,1-2H3,(H,22,25)(H,23,26). The van der Waals surface area contributed by atoms with E-state index in [-0.39, 0.29) is 17.0 Å². The molecule has 3 aromatic rings. The Morgan fingerprint density at radius 1 is 1.12 bits per heavy atom. The monoisotopic (exact) mass is 349 g/mol. The molecule has 26 heavy (non-hydrogen) atoms. The van der Waals surface area contributed by atoms with Crippen molar-refractivity contribution >= 4 is 16.8 Å². The first kappa shape index (κ1) is 16.6. The van der Waals surface area contributed by atoms with Gasteiger partial charge in [-0.15, -0.1) is 0 Å². The number of aryl methyl sites for hydroxylation is 4. The summed E-state index contributed by atoms with van der Waals surface area (Å²) < 4.78 is 0. The molecule has 134 valence electrons. The molecule has 2 heterocycles. The second-order valence-electron chi connectivity index (χ2n) is 7.19. The molecule has 0 fully saturated rings. The number of rotatable bonds is 3. The maximum absolute atomic E-state index is 12.5. The van der Waals surface area contributed by atoms with Crippen molar-refractivity contribution in [3.8, 4) is 0 Å². The van der Waals surface area contributed by atoms with E-state index in [4.69, 9.17) is 0 Å². The average molecular weight is 349 g/mol. The first-order valence-electron chi connectivity index (χ1n) is 9.14. The molecule has 0 spiro atoms. The van der Waals surface area contributed by atoms with E-state index in [0.717, 1.165) is 29.6 Å². The number of hydrogen-bond acceptors (Lipinski definition) is 2. The number of carbonyl (C=O) groups is 1. The molecule has 4 rings (SSSR count). The highest BCUT2D eigenvalue weighted by atomic mass is 16.2. The number of fused-ring (bicyclic) bond motifs is 3. The Morgan fingerprint density at radius 3 is 2.73 bits per heavy atom. The molecule has 1 aliphatic rings. The van der Waals surface area contributed by atoms with E-state index >= 15 is 0 Å². The molecule has 0 bridgehead atoms. The lowest BCUT2D eigenvalue weighted by atomic mass is 9.95. The number of nitrogens with one attached hydrogen (secondary N) is 3. The smallest absolute Gasteiger partial charge is 0.261 e. The summed E-state index contributed by atoms with van der Waals surface area (Å²) in [6.45, 7) is 4.00. The zero-order valence-corrected chi connectivity index (χ0v) is 15.2. The van der Waals surface area contributed by atoms with Crippen molar-refractivity contribution in [1.29, 1.82) is 0 Å². The van der Waals surface area contributed by atoms with Gasteiger partial charge in [-0.25, -0.2) is 0 Å². The lowest BCUT2D eigenvalue weighted by Crippen LogP contribution is -2.30. The highest BCUT2D eigenvalue weighted by Gasteiger charge is 2.17. The van der Waals surface area contributed by atoms with Crippen molar-refractivity contribution in [2.45, 2.75) is 46.1 Å². The van der Waals surface area contributed by atoms with E-state index in [1.165, 1.54) is 29.5 Å². The largest absolute Gasteiger partial charge is 0.358 e. The Morgan fingerprint density at radius 2 is 1.92 bits per heavy atom. The number of benzene rings is 1. The Bertz CT molecular complexity index is 1060. The van der Waals surface area contributed by atoms with Gasteiger partial charge in [0.2, 0.25) is 0 Å². The van der Waals surface area contributed by atoms with Crippen molar-refractivity contribution in [3.05, 3.63) is 68.3 Å². The maximum Gasteiger partial charge on any atom is 0.261 e. The van der Waals surface area contributed by atoms with Crippen molar-refractivity contribution in [3.63, 3.8) is 0 Å². The van der Waals surface area contributed by atoms with Crippen molar-refractivity contribution in [1.82, 2.24) is 15.3 Å². The molecular formula is C21H23N3O2. The maximum atomic E-state index is 12.5. The molecule has 5 nitrogen and oxygen atoms in total. The molecule has 0 saturated heterocycles. The van der Waals surface area contributed by atoms with Crippen LogP contribution >= 0.6 is 0 Å². The van der Waals surface area contributed by atoms with Crippen molar-refractivity contribution in [2.75, 3.05) is 0 Å². The minimum Gasteiger partial charge on any atom is -0.358 e. The Balaban J connectivity index is 1.56. The topological polar surface area (TPSA) is 77.8 Å². The van der Waals surface area contributed by atoms with E-state index in [1.807, 2.05) is 19.1 Å². The molecule has 1 aliphatic carbocycles. The van der Waals surface area contributed by atoms with Crippen LogP contribution in [-0.2, 0) is 19.4 Å². The fourth-order valence-electron chi connectivity index (χ4n) is 3.97. The summed E-state index contributed by atoms with van der Waals surface area (Å²) in [5.74, 6) is -0.333. The van der Waals surface area contributed by atoms with Crippen LogP contribution in [0.1, 0.15) is 51.3 Å². The second-order valence-corrected chi connectivity index (χ2v) is 7.19. The van der Waals surface area contributed by atoms with Gasteiger partial charge in [-0.1, -0.05) is 6.07 Å². The third kappa shape index (κ3) is 2.94. The number of pyridine rings is 1. The molecule has 0 unspecified atom stereocenters. The summed E-state index contributed by atoms with van der Waals surface area (Å²) >= 11 is 0. The number of H-pyrrole nitrogens is 2. The van der Waals surface area contributed by atoms with E-state index in [9.17, 15) is 9.59 Å². The zero-order chi connectivity index (χ0) is 18.3. The highest BCUT2D eigenvalue weighted by molar-refractivity contribution is 5.95. The lowest BCUT2D eigenvalue weighted by Gasteiger charge is -2.11. The first-order valence-corrected chi connectivity index (χ1v) is 9.14. The summed E-state index contributed by atoms with van der Waals surface area (Å²) in [4.78, 5) is 30.8. The van der Waals surface area contributed by atoms with Gasteiger partial charge >= 0.3 is 0 Å². The lowest BCUT2D eigenvalue weighted by molar-refractivity contribution is 0.0948. The summed E-state index contributed by atoms with van der Waals surface area (Å²) in [6.07, 6.45) is 4.71. The zero-order valence-electron chi connectivity index (χ0n) is 15.2. The third-order valence-corrected chi connectivity index (χ3v) is 5.21. The van der Waals surface area contributed by atoms with Gasteiger partial charge in [0.05, 0.1) is 0 Å². The predicted octanol–water partition coefficient (Wildman–Crippen LogP) is 3.28. The van der Waals surface area contributed by atoms with Crippen LogP contribution in [0.25, 0.3) is 10.9 Å². The van der Waals surface area contributed by atoms with E-state index in [1.54, 1.807) is 6.92 Å². The van der Waals surface area contributed by atoms with Gasteiger partial charge in [0.25, 0.3) is 11.5 Å². The Kier molecular flexibility index (Phi) is 4.15. The molecule has 0 aliphatic heterocycles. The van der Waals surface area contributed by atoms with Crippen LogP contribution in [0.5, 0.6) is 0 Å². The molecule has 5 heteroatoms. The van der Waals surface area contributed by atoms with Crippen molar-refractivity contribution < 1.29 is 4.79 Å². The van der Waals surface area contributed by atoms with Crippen LogP contribution in [-0.4, -0.2) is 15.9 Å². The number of carbonyl (C=O) groups excluding carboxylic acids is 1. The van der Waals surface area contributed by atoms with Gasteiger partial charge < -0.3 is 15.3 Å². The van der Waals surface area contributed by atoms with E-state index < -0.39 is 0 Å². The Hall–Kier alpha value is -2.82. The highest BCUT2D eigenvalue weighted by Crippen LogP contribution is 2.29. The van der Waals surface area contributed by atoms with Gasteiger partial charge in [-0.05, 0) is 74.4 Å². The quantitative estimate of drug-likeness (QED) is 0.678. The first-order chi connectivity index (χ1) is 12.5. The normalized spacial score (nSPS) is 13.6. The third-order valence-electron chi connectivity index (χ3n) is 5.21. The molecule has 1 amide bonds. The number of aromatic nitrogens is 2. The summed E-state index contributed by atoms with van der Waals surface area (Å²) in [5, 5.41) is 4.14. The summed E-state index contributed by atoms with van der Waals surface area (Å²) in [7, 11) is 0. The van der Waals surface area contributed by atoms with Crippen LogP contribution in [0.2, 0.25) is 0 Å². The molecule has 0 radical (unpaired) electrons. The fraction of sp³-hybridized carbons (Fsp3) is 0.333. The predicted molar refractivity (Wildman–Crippen MR) is 103 cm³/mol. The van der Waals surface area contributed by atoms with Crippen molar-refractivity contribution in [2.24, 2.45) is 0 Å². The van der Waals surface area contributed by atoms with Crippen LogP contribution in [0.4, 0.5) is 0 Å². The minimum atomic E-state index is -0.338. The molecule has 0 saturated carbocycles. The number of amides is 1.